The third kappa shape index (κ3) is 5.70. The predicted octanol–water partition coefficient (Wildman–Crippen LogP) is 3.53. The van der Waals surface area contributed by atoms with Gasteiger partial charge in [-0.15, -0.1) is 12.4 Å². The highest BCUT2D eigenvalue weighted by molar-refractivity contribution is 5.85. The first kappa shape index (κ1) is 20.2. The van der Waals surface area contributed by atoms with E-state index in [-0.39, 0.29) is 36.4 Å². The minimum atomic E-state index is 0. The third-order valence-corrected chi connectivity index (χ3v) is 5.34. The molecule has 140 valence electrons. The average Bonchev–Trinajstić information content (AvgIpc) is 2.61. The van der Waals surface area contributed by atoms with Crippen molar-refractivity contribution in [1.29, 1.82) is 0 Å². The van der Waals surface area contributed by atoms with Crippen LogP contribution < -0.4 is 11.1 Å². The van der Waals surface area contributed by atoms with Crippen LogP contribution in [0.15, 0.2) is 24.3 Å². The Kier molecular flexibility index (Phi) is 8.20. The molecule has 3 rings (SSSR count). The largest absolute Gasteiger partial charge is 0.373 e. The molecule has 3 N–H and O–H groups in total. The SMILES string of the molecule is Cl.NC1CCCC(C(=O)NCCCOC2CCCc3ccccc32)C1. The van der Waals surface area contributed by atoms with Gasteiger partial charge in [-0.2, -0.15) is 0 Å². The summed E-state index contributed by atoms with van der Waals surface area (Å²) in [6.07, 6.45) is 8.49. The minimum absolute atomic E-state index is 0. The summed E-state index contributed by atoms with van der Waals surface area (Å²) in [4.78, 5) is 12.2. The molecule has 2 aliphatic rings. The molecule has 25 heavy (non-hydrogen) atoms. The van der Waals surface area contributed by atoms with Crippen LogP contribution in [-0.2, 0) is 16.0 Å². The number of ether oxygens (including phenoxy) is 1. The highest BCUT2D eigenvalue weighted by Crippen LogP contribution is 2.32. The molecule has 0 aromatic heterocycles. The van der Waals surface area contributed by atoms with Crippen LogP contribution in [0.4, 0.5) is 0 Å². The maximum atomic E-state index is 12.2. The van der Waals surface area contributed by atoms with E-state index in [2.05, 4.69) is 29.6 Å². The summed E-state index contributed by atoms with van der Waals surface area (Å²) >= 11 is 0. The van der Waals surface area contributed by atoms with E-state index in [0.717, 1.165) is 44.9 Å². The number of nitrogens with two attached hydrogens (primary N) is 1. The van der Waals surface area contributed by atoms with E-state index in [9.17, 15) is 4.79 Å². The molecule has 2 aliphatic carbocycles. The van der Waals surface area contributed by atoms with Gasteiger partial charge in [-0.1, -0.05) is 30.7 Å². The third-order valence-electron chi connectivity index (χ3n) is 5.34. The van der Waals surface area contributed by atoms with Crippen LogP contribution in [0.3, 0.4) is 0 Å². The number of hydrogen-bond donors (Lipinski definition) is 2. The summed E-state index contributed by atoms with van der Waals surface area (Å²) in [5.41, 5.74) is 8.74. The van der Waals surface area contributed by atoms with Crippen molar-refractivity contribution < 1.29 is 9.53 Å². The highest BCUT2D eigenvalue weighted by atomic mass is 35.5. The number of benzene rings is 1. The fourth-order valence-corrected chi connectivity index (χ4v) is 4.00. The number of halogens is 1. The Labute approximate surface area is 157 Å². The first-order chi connectivity index (χ1) is 11.7. The normalized spacial score (nSPS) is 25.6. The number of rotatable bonds is 6. The summed E-state index contributed by atoms with van der Waals surface area (Å²) in [5, 5.41) is 3.06. The van der Waals surface area contributed by atoms with Gasteiger partial charge < -0.3 is 15.8 Å². The van der Waals surface area contributed by atoms with Crippen LogP contribution in [0.2, 0.25) is 0 Å². The second-order valence-electron chi connectivity index (χ2n) is 7.22. The Morgan fingerprint density at radius 3 is 2.88 bits per heavy atom. The standard InChI is InChI=1S/C20H30N2O2.ClH/c21-17-9-3-8-16(14-17)20(23)22-12-5-13-24-19-11-4-7-15-6-1-2-10-18(15)19;/h1-2,6,10,16-17,19H,3-5,7-9,11-14,21H2,(H,22,23);1H. The molecular formula is C20H31ClN2O2. The molecule has 0 radical (unpaired) electrons. The summed E-state index contributed by atoms with van der Waals surface area (Å²) in [5.74, 6) is 0.285. The van der Waals surface area contributed by atoms with E-state index in [1.165, 1.54) is 17.5 Å². The molecule has 5 heteroatoms. The van der Waals surface area contributed by atoms with Crippen molar-refractivity contribution in [2.24, 2.45) is 11.7 Å². The van der Waals surface area contributed by atoms with E-state index in [4.69, 9.17) is 10.5 Å². The lowest BCUT2D eigenvalue weighted by Gasteiger charge is -2.26. The fraction of sp³-hybridized carbons (Fsp3) is 0.650. The van der Waals surface area contributed by atoms with Crippen LogP contribution in [0.5, 0.6) is 0 Å². The molecule has 1 aromatic carbocycles. The van der Waals surface area contributed by atoms with Gasteiger partial charge in [-0.3, -0.25) is 4.79 Å². The Morgan fingerprint density at radius 2 is 2.04 bits per heavy atom. The molecule has 1 aromatic rings. The molecule has 0 heterocycles. The fourth-order valence-electron chi connectivity index (χ4n) is 4.00. The quantitative estimate of drug-likeness (QED) is 0.757. The van der Waals surface area contributed by atoms with Crippen molar-refractivity contribution in [2.45, 2.75) is 63.5 Å². The molecule has 0 aliphatic heterocycles. The Morgan fingerprint density at radius 1 is 1.20 bits per heavy atom. The van der Waals surface area contributed by atoms with E-state index < -0.39 is 0 Å². The molecule has 0 saturated heterocycles. The zero-order valence-electron chi connectivity index (χ0n) is 14.9. The Bertz CT molecular complexity index is 552. The van der Waals surface area contributed by atoms with Gasteiger partial charge in [0.05, 0.1) is 6.10 Å². The number of amides is 1. The molecule has 4 nitrogen and oxygen atoms in total. The van der Waals surface area contributed by atoms with Crippen molar-refractivity contribution in [3.63, 3.8) is 0 Å². The van der Waals surface area contributed by atoms with E-state index in [1.807, 2.05) is 0 Å². The van der Waals surface area contributed by atoms with Gasteiger partial charge in [0.1, 0.15) is 0 Å². The van der Waals surface area contributed by atoms with Gasteiger partial charge >= 0.3 is 0 Å². The van der Waals surface area contributed by atoms with Gasteiger partial charge in [-0.25, -0.2) is 0 Å². The number of carbonyl (C=O) groups excluding carboxylic acids is 1. The Hall–Kier alpha value is -1.10. The van der Waals surface area contributed by atoms with Gasteiger partial charge in [0.2, 0.25) is 5.91 Å². The van der Waals surface area contributed by atoms with Gasteiger partial charge in [0.15, 0.2) is 0 Å². The monoisotopic (exact) mass is 366 g/mol. The van der Waals surface area contributed by atoms with Crippen LogP contribution in [0, 0.1) is 5.92 Å². The van der Waals surface area contributed by atoms with Gasteiger partial charge in [0.25, 0.3) is 0 Å². The number of hydrogen-bond acceptors (Lipinski definition) is 3. The summed E-state index contributed by atoms with van der Waals surface area (Å²) in [6.45, 7) is 1.39. The maximum Gasteiger partial charge on any atom is 0.223 e. The van der Waals surface area contributed by atoms with Crippen LogP contribution in [0.25, 0.3) is 0 Å². The second kappa shape index (κ2) is 10.1. The van der Waals surface area contributed by atoms with E-state index >= 15 is 0 Å². The molecule has 1 saturated carbocycles. The second-order valence-corrected chi connectivity index (χ2v) is 7.22. The molecule has 3 atom stereocenters. The average molecular weight is 367 g/mol. The van der Waals surface area contributed by atoms with Crippen molar-refractivity contribution in [3.05, 3.63) is 35.4 Å². The highest BCUT2D eigenvalue weighted by Gasteiger charge is 2.25. The molecule has 0 bridgehead atoms. The number of carbonyl (C=O) groups is 1. The molecule has 3 unspecified atom stereocenters. The summed E-state index contributed by atoms with van der Waals surface area (Å²) < 4.78 is 6.08. The molecule has 1 fully saturated rings. The molecular weight excluding hydrogens is 336 g/mol. The van der Waals surface area contributed by atoms with Crippen molar-refractivity contribution in [3.8, 4) is 0 Å². The summed E-state index contributed by atoms with van der Waals surface area (Å²) in [6, 6.07) is 8.79. The zero-order chi connectivity index (χ0) is 16.8. The van der Waals surface area contributed by atoms with Crippen LogP contribution in [0.1, 0.15) is 62.2 Å². The number of fused-ring (bicyclic) bond motifs is 1. The van der Waals surface area contributed by atoms with Crippen molar-refractivity contribution >= 4 is 18.3 Å². The summed E-state index contributed by atoms with van der Waals surface area (Å²) in [7, 11) is 0. The van der Waals surface area contributed by atoms with Crippen LogP contribution >= 0.6 is 12.4 Å². The van der Waals surface area contributed by atoms with E-state index in [0.29, 0.717) is 13.2 Å². The first-order valence-electron chi connectivity index (χ1n) is 9.46. The first-order valence-corrected chi connectivity index (χ1v) is 9.46. The van der Waals surface area contributed by atoms with Crippen molar-refractivity contribution in [2.75, 3.05) is 13.2 Å². The lowest BCUT2D eigenvalue weighted by molar-refractivity contribution is -0.126. The van der Waals surface area contributed by atoms with Crippen LogP contribution in [-0.4, -0.2) is 25.1 Å². The van der Waals surface area contributed by atoms with E-state index in [1.54, 1.807) is 0 Å². The number of nitrogens with one attached hydrogen (secondary N) is 1. The molecule has 0 spiro atoms. The molecule has 1 amide bonds. The topological polar surface area (TPSA) is 64.4 Å². The predicted molar refractivity (Wildman–Crippen MR) is 103 cm³/mol. The lowest BCUT2D eigenvalue weighted by atomic mass is 9.85. The lowest BCUT2D eigenvalue weighted by Crippen LogP contribution is -2.38. The van der Waals surface area contributed by atoms with Gasteiger partial charge in [0, 0.05) is 25.1 Å². The smallest absolute Gasteiger partial charge is 0.223 e. The van der Waals surface area contributed by atoms with Gasteiger partial charge in [-0.05, 0) is 56.1 Å². The Balaban J connectivity index is 0.00000225. The zero-order valence-corrected chi connectivity index (χ0v) is 15.7. The minimum Gasteiger partial charge on any atom is -0.373 e. The van der Waals surface area contributed by atoms with Crippen molar-refractivity contribution in [1.82, 2.24) is 5.32 Å². The number of aryl methyl sites for hydroxylation is 1. The maximum absolute atomic E-state index is 12.2.